The third-order valence-electron chi connectivity index (χ3n) is 2.37. The Labute approximate surface area is 125 Å². The van der Waals surface area contributed by atoms with Gasteiger partial charge >= 0.3 is 0 Å². The molecule has 0 fully saturated rings. The van der Waals surface area contributed by atoms with Gasteiger partial charge in [0, 0.05) is 30.1 Å². The monoisotopic (exact) mass is 364 g/mol. The molecule has 3 nitrogen and oxygen atoms in total. The third kappa shape index (κ3) is 7.87. The molecular formula is C14H25IN2O. The van der Waals surface area contributed by atoms with E-state index in [0.29, 0.717) is 6.54 Å². The lowest BCUT2D eigenvalue weighted by Gasteiger charge is -2.30. The number of likely N-dealkylation sites (N-methyl/N-ethyl adjacent to an activating group) is 1. The summed E-state index contributed by atoms with van der Waals surface area (Å²) >= 11 is 2.36. The number of nitrogens with zero attached hydrogens (tertiary/aromatic N) is 2. The Balaban J connectivity index is 4.54. The first-order chi connectivity index (χ1) is 8.32. The maximum Gasteiger partial charge on any atom is 0.246 e. The van der Waals surface area contributed by atoms with Crippen molar-refractivity contribution < 1.29 is 4.79 Å². The van der Waals surface area contributed by atoms with Gasteiger partial charge in [-0.1, -0.05) is 48.6 Å². The van der Waals surface area contributed by atoms with E-state index in [1.165, 1.54) is 0 Å². The fraction of sp³-hybridized carbons (Fsp3) is 0.643. The van der Waals surface area contributed by atoms with E-state index in [0.717, 1.165) is 17.5 Å². The van der Waals surface area contributed by atoms with E-state index in [9.17, 15) is 4.79 Å². The number of rotatable bonds is 8. The van der Waals surface area contributed by atoms with Crippen LogP contribution in [0.2, 0.25) is 0 Å². The quantitative estimate of drug-likeness (QED) is 0.286. The molecule has 0 aliphatic carbocycles. The lowest BCUT2D eigenvalue weighted by molar-refractivity contribution is -0.126. The Hall–Kier alpha value is -0.360. The maximum atomic E-state index is 12.1. The highest BCUT2D eigenvalue weighted by Crippen LogP contribution is 2.20. The molecule has 0 aliphatic rings. The third-order valence-corrected chi connectivity index (χ3v) is 4.44. The van der Waals surface area contributed by atoms with Gasteiger partial charge in [0.25, 0.3) is 0 Å². The van der Waals surface area contributed by atoms with Crippen LogP contribution in [-0.4, -0.2) is 53.9 Å². The smallest absolute Gasteiger partial charge is 0.246 e. The Morgan fingerprint density at radius 3 is 2.39 bits per heavy atom. The molecule has 0 saturated carbocycles. The Morgan fingerprint density at radius 2 is 1.94 bits per heavy atom. The van der Waals surface area contributed by atoms with E-state index < -0.39 is 0 Å². The SMILES string of the molecule is C=CCN(CC(C)(C)CI)C(=O)/C=C/CN(C)C. The molecule has 0 aromatic rings. The summed E-state index contributed by atoms with van der Waals surface area (Å²) in [6, 6.07) is 0. The van der Waals surface area contributed by atoms with Crippen LogP contribution in [0.25, 0.3) is 0 Å². The Kier molecular flexibility index (Phi) is 8.52. The van der Waals surface area contributed by atoms with Gasteiger partial charge in [-0.05, 0) is 19.5 Å². The Bertz CT molecular complexity index is 298. The van der Waals surface area contributed by atoms with Crippen LogP contribution in [-0.2, 0) is 4.79 Å². The largest absolute Gasteiger partial charge is 0.335 e. The summed E-state index contributed by atoms with van der Waals surface area (Å²) in [4.78, 5) is 15.9. The average Bonchev–Trinajstić information content (AvgIpc) is 2.27. The molecule has 1 amide bonds. The maximum absolute atomic E-state index is 12.1. The van der Waals surface area contributed by atoms with Crippen LogP contribution in [0.1, 0.15) is 13.8 Å². The van der Waals surface area contributed by atoms with E-state index in [1.807, 2.05) is 30.0 Å². The standard InChI is InChI=1S/C14H25IN2O/c1-6-9-17(12-14(2,3)11-15)13(18)8-7-10-16(4)5/h6-8H,1,9-12H2,2-5H3/b8-7+. The number of alkyl halides is 1. The van der Waals surface area contributed by atoms with Gasteiger partial charge in [-0.25, -0.2) is 0 Å². The first kappa shape index (κ1) is 17.6. The van der Waals surface area contributed by atoms with Crippen molar-refractivity contribution in [1.29, 1.82) is 0 Å². The van der Waals surface area contributed by atoms with E-state index in [4.69, 9.17) is 0 Å². The van der Waals surface area contributed by atoms with E-state index >= 15 is 0 Å². The summed E-state index contributed by atoms with van der Waals surface area (Å²) in [7, 11) is 3.96. The van der Waals surface area contributed by atoms with Crippen molar-refractivity contribution in [2.45, 2.75) is 13.8 Å². The van der Waals surface area contributed by atoms with Gasteiger partial charge in [-0.15, -0.1) is 6.58 Å². The number of halogens is 1. The van der Waals surface area contributed by atoms with Gasteiger partial charge in [0.15, 0.2) is 0 Å². The van der Waals surface area contributed by atoms with Crippen LogP contribution < -0.4 is 0 Å². The number of amides is 1. The van der Waals surface area contributed by atoms with Crippen molar-refractivity contribution in [3.8, 4) is 0 Å². The molecule has 0 saturated heterocycles. The summed E-state index contributed by atoms with van der Waals surface area (Å²) in [6.07, 6.45) is 5.34. The molecule has 0 atom stereocenters. The fourth-order valence-corrected chi connectivity index (χ4v) is 1.66. The lowest BCUT2D eigenvalue weighted by atomic mass is 9.96. The summed E-state index contributed by atoms with van der Waals surface area (Å²) in [5.41, 5.74) is 0.134. The molecule has 0 radical (unpaired) electrons. The zero-order valence-corrected chi connectivity index (χ0v) is 14.1. The van der Waals surface area contributed by atoms with E-state index in [-0.39, 0.29) is 11.3 Å². The second kappa shape index (κ2) is 8.69. The number of hydrogen-bond acceptors (Lipinski definition) is 2. The molecule has 0 unspecified atom stereocenters. The summed E-state index contributed by atoms with van der Waals surface area (Å²) in [5, 5.41) is 0. The fourth-order valence-electron chi connectivity index (χ4n) is 1.42. The second-order valence-electron chi connectivity index (χ2n) is 5.47. The summed E-state index contributed by atoms with van der Waals surface area (Å²) < 4.78 is 1.02. The predicted molar refractivity (Wildman–Crippen MR) is 87.1 cm³/mol. The summed E-state index contributed by atoms with van der Waals surface area (Å²) in [6.45, 7) is 10.2. The molecule has 0 aliphatic heterocycles. The molecule has 18 heavy (non-hydrogen) atoms. The average molecular weight is 364 g/mol. The Morgan fingerprint density at radius 1 is 1.33 bits per heavy atom. The van der Waals surface area contributed by atoms with Crippen LogP contribution in [0, 0.1) is 5.41 Å². The minimum atomic E-state index is 0.0645. The normalized spacial score (nSPS) is 12.1. The van der Waals surface area contributed by atoms with Crippen LogP contribution in [0.3, 0.4) is 0 Å². The number of carbonyl (C=O) groups is 1. The van der Waals surface area contributed by atoms with E-state index in [2.05, 4.69) is 43.0 Å². The molecular weight excluding hydrogens is 339 g/mol. The molecule has 4 heteroatoms. The van der Waals surface area contributed by atoms with Gasteiger partial charge in [-0.3, -0.25) is 4.79 Å². The van der Waals surface area contributed by atoms with Crippen molar-refractivity contribution in [2.75, 3.05) is 38.2 Å². The molecule has 0 N–H and O–H groups in total. The van der Waals surface area contributed by atoms with Crippen molar-refractivity contribution in [3.63, 3.8) is 0 Å². The van der Waals surface area contributed by atoms with Gasteiger partial charge in [0.1, 0.15) is 0 Å². The highest BCUT2D eigenvalue weighted by atomic mass is 127. The zero-order valence-electron chi connectivity index (χ0n) is 11.9. The van der Waals surface area contributed by atoms with Crippen LogP contribution in [0.5, 0.6) is 0 Å². The van der Waals surface area contributed by atoms with E-state index in [1.54, 1.807) is 12.2 Å². The number of carbonyl (C=O) groups excluding carboxylic acids is 1. The van der Waals surface area contributed by atoms with Gasteiger partial charge < -0.3 is 9.80 Å². The number of hydrogen-bond donors (Lipinski definition) is 0. The molecule has 0 spiro atoms. The molecule has 0 bridgehead atoms. The van der Waals surface area contributed by atoms with Crippen LogP contribution >= 0.6 is 22.6 Å². The van der Waals surface area contributed by atoms with Crippen molar-refractivity contribution in [2.24, 2.45) is 5.41 Å². The van der Waals surface area contributed by atoms with Crippen molar-refractivity contribution in [3.05, 3.63) is 24.8 Å². The highest BCUT2D eigenvalue weighted by Gasteiger charge is 2.22. The van der Waals surface area contributed by atoms with Gasteiger partial charge in [-0.2, -0.15) is 0 Å². The molecule has 0 aromatic heterocycles. The topological polar surface area (TPSA) is 23.6 Å². The minimum absolute atomic E-state index is 0.0645. The first-order valence-corrected chi connectivity index (χ1v) is 7.62. The van der Waals surface area contributed by atoms with Crippen molar-refractivity contribution >= 4 is 28.5 Å². The molecule has 0 rings (SSSR count). The van der Waals surface area contributed by atoms with Gasteiger partial charge in [0.2, 0.25) is 5.91 Å². The molecule has 104 valence electrons. The lowest BCUT2D eigenvalue weighted by Crippen LogP contribution is -2.39. The predicted octanol–water partition coefficient (Wildman–Crippen LogP) is 2.58. The van der Waals surface area contributed by atoms with Crippen molar-refractivity contribution in [1.82, 2.24) is 9.80 Å². The first-order valence-electron chi connectivity index (χ1n) is 6.09. The molecule has 0 aromatic carbocycles. The highest BCUT2D eigenvalue weighted by molar-refractivity contribution is 14.1. The minimum Gasteiger partial charge on any atom is -0.335 e. The zero-order chi connectivity index (χ0) is 14.2. The summed E-state index contributed by atoms with van der Waals surface area (Å²) in [5.74, 6) is 0.0645. The van der Waals surface area contributed by atoms with Crippen LogP contribution in [0.15, 0.2) is 24.8 Å². The van der Waals surface area contributed by atoms with Gasteiger partial charge in [0.05, 0.1) is 0 Å². The molecule has 0 heterocycles. The second-order valence-corrected chi connectivity index (χ2v) is 6.23. The van der Waals surface area contributed by atoms with Crippen LogP contribution in [0.4, 0.5) is 0 Å².